The van der Waals surface area contributed by atoms with Crippen LogP contribution in [0.15, 0.2) is 57.9 Å². The standard InChI is InChI=1S/C25H34ClFN8O4.C10H11NO.CH3F/c1-6-19(28-3)23(34(12-10-30-15-36)11-9-21-24(38)16(2)33(5)32-21)25(39)35(29-4)14-22(37)31-20-8-7-17(27)13-18(20)26;1-11-7-8-2-3-10-9(6-8)4-5-12-10;1-2/h7-8,13,15,28,38H,4,6,9-12,14H2,1-3,5H3,(H,30,36)(H,31,37);2-3,6H,1,4-5,7H2;1H3/b23-19+;;. The third kappa shape index (κ3) is 12.6. The van der Waals surface area contributed by atoms with Crippen molar-refractivity contribution in [1.82, 2.24) is 30.3 Å². The lowest BCUT2D eigenvalue weighted by molar-refractivity contribution is -0.132. The molecule has 0 unspecified atom stereocenters. The molecule has 2 heterocycles. The van der Waals surface area contributed by atoms with E-state index < -0.39 is 24.2 Å². The van der Waals surface area contributed by atoms with E-state index in [0.29, 0.717) is 43.6 Å². The van der Waals surface area contributed by atoms with Gasteiger partial charge in [-0.15, -0.1) is 0 Å². The van der Waals surface area contributed by atoms with E-state index in [1.807, 2.05) is 19.1 Å². The maximum Gasteiger partial charge on any atom is 0.292 e. The van der Waals surface area contributed by atoms with Gasteiger partial charge < -0.3 is 30.7 Å². The summed E-state index contributed by atoms with van der Waals surface area (Å²) in [7, 11) is 3.88. The van der Waals surface area contributed by atoms with E-state index in [0.717, 1.165) is 35.9 Å². The molecule has 0 fully saturated rings. The molecule has 1 aromatic heterocycles. The number of aromatic nitrogens is 2. The van der Waals surface area contributed by atoms with Crippen molar-refractivity contribution >= 4 is 48.9 Å². The van der Waals surface area contributed by atoms with E-state index in [9.17, 15) is 28.3 Å². The van der Waals surface area contributed by atoms with Gasteiger partial charge in [0.05, 0.1) is 36.7 Å². The third-order valence-corrected chi connectivity index (χ3v) is 8.32. The van der Waals surface area contributed by atoms with Crippen LogP contribution >= 0.6 is 11.6 Å². The van der Waals surface area contributed by atoms with Gasteiger partial charge in [-0.25, -0.2) is 9.40 Å². The zero-order valence-corrected chi connectivity index (χ0v) is 31.5. The van der Waals surface area contributed by atoms with Crippen LogP contribution in [0.2, 0.25) is 5.02 Å². The lowest BCUT2D eigenvalue weighted by atomic mass is 10.1. The molecule has 0 atom stereocenters. The molecule has 288 valence electrons. The topological polar surface area (TPSA) is 166 Å². The molecule has 4 rings (SSSR count). The molecule has 0 saturated carbocycles. The first kappa shape index (κ1) is 43.7. The second-order valence-electron chi connectivity index (χ2n) is 11.3. The molecule has 4 N–H and O–H groups in total. The summed E-state index contributed by atoms with van der Waals surface area (Å²) in [6.07, 6.45) is 2.31. The average molecular weight is 760 g/mol. The molecule has 1 aliphatic heterocycles. The molecule has 3 amide bonds. The van der Waals surface area contributed by atoms with Gasteiger partial charge in [0.2, 0.25) is 12.3 Å². The summed E-state index contributed by atoms with van der Waals surface area (Å²) in [5.41, 5.74) is 4.51. The molecule has 14 nitrogen and oxygen atoms in total. The number of benzene rings is 2. The first-order valence-electron chi connectivity index (χ1n) is 16.6. The van der Waals surface area contributed by atoms with Crippen LogP contribution in [0.5, 0.6) is 11.5 Å². The number of nitrogens with zero attached hydrogens (tertiary/aromatic N) is 6. The second-order valence-corrected chi connectivity index (χ2v) is 11.8. The molecule has 3 aromatic rings. The molecule has 0 saturated heterocycles. The van der Waals surface area contributed by atoms with Crippen LogP contribution in [0.25, 0.3) is 0 Å². The minimum Gasteiger partial charge on any atom is -0.504 e. The predicted molar refractivity (Wildman–Crippen MR) is 203 cm³/mol. The maximum absolute atomic E-state index is 13.8. The van der Waals surface area contributed by atoms with Gasteiger partial charge >= 0.3 is 0 Å². The number of fused-ring (bicyclic) bond motifs is 1. The number of hydrogen-bond acceptors (Lipinski definition) is 10. The largest absolute Gasteiger partial charge is 0.504 e. The summed E-state index contributed by atoms with van der Waals surface area (Å²) in [5, 5.41) is 27.6. The Bertz CT molecular complexity index is 1750. The highest BCUT2D eigenvalue weighted by Gasteiger charge is 2.28. The number of halogens is 3. The molecule has 0 spiro atoms. The fraction of sp³-hybridized carbons (Fsp3) is 0.389. The number of hydrogen-bond donors (Lipinski definition) is 4. The monoisotopic (exact) mass is 759 g/mol. The van der Waals surface area contributed by atoms with E-state index >= 15 is 0 Å². The molecule has 53 heavy (non-hydrogen) atoms. The summed E-state index contributed by atoms with van der Waals surface area (Å²) in [6.45, 7) is 12.2. The summed E-state index contributed by atoms with van der Waals surface area (Å²) < 4.78 is 29.8. The maximum atomic E-state index is 13.8. The fourth-order valence-electron chi connectivity index (χ4n) is 5.28. The van der Waals surface area contributed by atoms with Gasteiger partial charge in [-0.05, 0) is 55.5 Å². The Morgan fingerprint density at radius 1 is 1.19 bits per heavy atom. The molecular weight excluding hydrogens is 712 g/mol. The van der Waals surface area contributed by atoms with Crippen molar-refractivity contribution in [1.29, 1.82) is 0 Å². The van der Waals surface area contributed by atoms with Crippen LogP contribution in [-0.2, 0) is 40.8 Å². The molecule has 17 heteroatoms. The van der Waals surface area contributed by atoms with Crippen molar-refractivity contribution in [3.63, 3.8) is 0 Å². The average Bonchev–Trinajstić information content (AvgIpc) is 3.72. The van der Waals surface area contributed by atoms with Crippen molar-refractivity contribution in [3.8, 4) is 11.5 Å². The summed E-state index contributed by atoms with van der Waals surface area (Å²) >= 11 is 6.00. The van der Waals surface area contributed by atoms with Gasteiger partial charge in [-0.3, -0.25) is 28.4 Å². The Morgan fingerprint density at radius 3 is 2.51 bits per heavy atom. The van der Waals surface area contributed by atoms with E-state index in [4.69, 9.17) is 16.3 Å². The van der Waals surface area contributed by atoms with Gasteiger partial charge in [0, 0.05) is 59.0 Å². The highest BCUT2D eigenvalue weighted by atomic mass is 35.5. The van der Waals surface area contributed by atoms with Crippen molar-refractivity contribution in [2.45, 2.75) is 39.7 Å². The Balaban J connectivity index is 0.000000575. The van der Waals surface area contributed by atoms with E-state index in [-0.39, 0.29) is 48.2 Å². The number of aromatic hydroxyl groups is 1. The second kappa shape index (κ2) is 22.4. The van der Waals surface area contributed by atoms with Crippen LogP contribution in [0, 0.1) is 12.7 Å². The number of rotatable bonds is 17. The van der Waals surface area contributed by atoms with Crippen LogP contribution in [0.1, 0.15) is 35.9 Å². The van der Waals surface area contributed by atoms with Crippen molar-refractivity contribution in [3.05, 3.63) is 81.1 Å². The minimum atomic E-state index is -0.630. The zero-order chi connectivity index (χ0) is 39.5. The molecular formula is C36H48ClF2N9O5. The first-order chi connectivity index (χ1) is 25.5. The minimum absolute atomic E-state index is 0.00121. The van der Waals surface area contributed by atoms with Crippen molar-refractivity contribution < 1.29 is 33.0 Å². The predicted octanol–water partition coefficient (Wildman–Crippen LogP) is 4.15. The van der Waals surface area contributed by atoms with Crippen LogP contribution < -0.4 is 20.7 Å². The van der Waals surface area contributed by atoms with Crippen molar-refractivity contribution in [2.24, 2.45) is 17.1 Å². The number of nitrogens with one attached hydrogen (secondary N) is 3. The number of alkyl halides is 1. The number of allylic oxidation sites excluding steroid dienone is 1. The number of aliphatic imine (C=N–C) groups is 1. The van der Waals surface area contributed by atoms with Gasteiger partial charge in [0.1, 0.15) is 29.5 Å². The number of hydrazone groups is 1. The van der Waals surface area contributed by atoms with E-state index in [2.05, 4.69) is 50.6 Å². The summed E-state index contributed by atoms with van der Waals surface area (Å²) in [5.74, 6) is -0.717. The van der Waals surface area contributed by atoms with E-state index in [1.54, 1.807) is 30.6 Å². The number of anilines is 1. The Kier molecular flexibility index (Phi) is 18.5. The quantitative estimate of drug-likeness (QED) is 0.0524. The Morgan fingerprint density at radius 2 is 1.92 bits per heavy atom. The van der Waals surface area contributed by atoms with Gasteiger partial charge in [-0.1, -0.05) is 30.7 Å². The highest BCUT2D eigenvalue weighted by Crippen LogP contribution is 2.26. The number of carbonyl (C=O) groups is 3. The molecule has 0 radical (unpaired) electrons. The van der Waals surface area contributed by atoms with Gasteiger partial charge in [0.15, 0.2) is 5.75 Å². The highest BCUT2D eigenvalue weighted by molar-refractivity contribution is 6.33. The smallest absolute Gasteiger partial charge is 0.292 e. The number of aryl methyl sites for hydroxylation is 1. The number of carbonyl (C=O) groups excluding carboxylic acids is 3. The number of ether oxygens (including phenoxy) is 1. The van der Waals surface area contributed by atoms with Gasteiger partial charge in [0.25, 0.3) is 5.91 Å². The first-order valence-corrected chi connectivity index (χ1v) is 17.0. The van der Waals surface area contributed by atoms with Crippen LogP contribution in [0.4, 0.5) is 14.5 Å². The lowest BCUT2D eigenvalue weighted by Gasteiger charge is -2.31. The molecule has 0 bridgehead atoms. The van der Waals surface area contributed by atoms with Crippen molar-refractivity contribution in [2.75, 3.05) is 52.3 Å². The fourth-order valence-corrected chi connectivity index (χ4v) is 5.49. The molecule has 2 aromatic carbocycles. The molecule has 1 aliphatic rings. The lowest BCUT2D eigenvalue weighted by Crippen LogP contribution is -2.43. The van der Waals surface area contributed by atoms with Gasteiger partial charge in [-0.2, -0.15) is 10.2 Å². The Hall–Kier alpha value is -5.51. The van der Waals surface area contributed by atoms with E-state index in [1.165, 1.54) is 17.2 Å². The Labute approximate surface area is 313 Å². The van der Waals surface area contributed by atoms with Crippen LogP contribution in [0.3, 0.4) is 0 Å². The third-order valence-electron chi connectivity index (χ3n) is 8.01. The SMILES string of the molecule is C=NCc1ccc2c(c1)CCO2.C=NN(CC(=O)Nc1ccc(F)cc1Cl)C(=O)/C(=C(/CC)NC)N(CCNC=O)CCc1nn(C)c(C)c1O.CF. The zero-order valence-electron chi connectivity index (χ0n) is 30.7. The summed E-state index contributed by atoms with van der Waals surface area (Å²) in [4.78, 5) is 43.0. The summed E-state index contributed by atoms with van der Waals surface area (Å²) in [6, 6.07) is 9.71. The molecule has 0 aliphatic carbocycles. The number of amides is 3. The van der Waals surface area contributed by atoms with Crippen LogP contribution in [-0.4, -0.2) is 103 Å². The normalized spacial score (nSPS) is 11.5.